The average molecular weight is 461 g/mol. The Kier molecular flexibility index (Phi) is 6.80. The van der Waals surface area contributed by atoms with Crippen LogP contribution in [0.3, 0.4) is 0 Å². The third-order valence-electron chi connectivity index (χ3n) is 4.92. The first-order valence-electron chi connectivity index (χ1n) is 9.67. The Labute approximate surface area is 185 Å². The Morgan fingerprint density at radius 3 is 2.59 bits per heavy atom. The molecule has 2 amide bonds. The molecule has 0 aromatic heterocycles. The molecule has 0 saturated carbocycles. The Hall–Kier alpha value is -3.44. The maximum Gasteiger partial charge on any atom is 0.312 e. The summed E-state index contributed by atoms with van der Waals surface area (Å²) in [7, 11) is -2.41. The second-order valence-electron chi connectivity index (χ2n) is 7.25. The van der Waals surface area contributed by atoms with Gasteiger partial charge in [-0.3, -0.25) is 14.4 Å². The van der Waals surface area contributed by atoms with E-state index >= 15 is 0 Å². The molecule has 1 saturated heterocycles. The molecule has 0 spiro atoms. The third kappa shape index (κ3) is 5.42. The van der Waals surface area contributed by atoms with Gasteiger partial charge in [0.05, 0.1) is 17.9 Å². The number of carbonyl (C=O) groups is 3. The van der Waals surface area contributed by atoms with E-state index in [0.717, 1.165) is 0 Å². The van der Waals surface area contributed by atoms with Crippen LogP contribution >= 0.6 is 0 Å². The zero-order valence-corrected chi connectivity index (χ0v) is 18.3. The molecule has 1 fully saturated rings. The summed E-state index contributed by atoms with van der Waals surface area (Å²) in [6.45, 7) is 1.50. The molecule has 0 radical (unpaired) electrons. The van der Waals surface area contributed by atoms with Crippen molar-refractivity contribution in [2.24, 2.45) is 11.1 Å². The van der Waals surface area contributed by atoms with Crippen molar-refractivity contribution in [2.45, 2.75) is 24.3 Å². The lowest BCUT2D eigenvalue weighted by atomic mass is 10.1. The van der Waals surface area contributed by atoms with Gasteiger partial charge in [-0.15, -0.1) is 0 Å². The number of esters is 1. The molecule has 170 valence electrons. The van der Waals surface area contributed by atoms with E-state index in [1.165, 1.54) is 43.2 Å². The third-order valence-corrected chi connectivity index (χ3v) is 5.83. The van der Waals surface area contributed by atoms with Crippen LogP contribution in [0.5, 0.6) is 5.75 Å². The number of amides is 2. The molecule has 2 aromatic rings. The van der Waals surface area contributed by atoms with E-state index in [1.54, 1.807) is 24.3 Å². The van der Waals surface area contributed by atoms with Crippen LogP contribution in [0.1, 0.15) is 13.3 Å². The smallest absolute Gasteiger partial charge is 0.312 e. The minimum absolute atomic E-state index is 0.0409. The monoisotopic (exact) mass is 461 g/mol. The number of rotatable bonds is 7. The van der Waals surface area contributed by atoms with Gasteiger partial charge in [0.2, 0.25) is 15.9 Å². The van der Waals surface area contributed by atoms with Gasteiger partial charge in [-0.2, -0.15) is 0 Å². The summed E-state index contributed by atoms with van der Waals surface area (Å²) in [5.41, 5.74) is 0.787. The van der Waals surface area contributed by atoms with Crippen molar-refractivity contribution >= 4 is 39.2 Å². The number of sulfonamides is 1. The van der Waals surface area contributed by atoms with Gasteiger partial charge < -0.3 is 19.7 Å². The molecular formula is C21H23N3O7S. The Morgan fingerprint density at radius 2 is 1.91 bits per heavy atom. The van der Waals surface area contributed by atoms with E-state index in [1.807, 2.05) is 0 Å². The van der Waals surface area contributed by atoms with Gasteiger partial charge in [-0.05, 0) is 37.3 Å². The molecule has 32 heavy (non-hydrogen) atoms. The van der Waals surface area contributed by atoms with Crippen LogP contribution in [0.15, 0.2) is 53.4 Å². The number of nitrogens with two attached hydrogens (primary N) is 1. The van der Waals surface area contributed by atoms with Gasteiger partial charge in [-0.25, -0.2) is 13.6 Å². The molecule has 3 rings (SSSR count). The van der Waals surface area contributed by atoms with Crippen molar-refractivity contribution in [1.82, 2.24) is 0 Å². The summed E-state index contributed by atoms with van der Waals surface area (Å²) >= 11 is 0. The fourth-order valence-corrected chi connectivity index (χ4v) is 3.77. The first kappa shape index (κ1) is 23.2. The quantitative estimate of drug-likeness (QED) is 0.591. The van der Waals surface area contributed by atoms with Gasteiger partial charge in [0.25, 0.3) is 5.91 Å². The minimum atomic E-state index is -3.93. The molecule has 1 aliphatic rings. The van der Waals surface area contributed by atoms with E-state index in [0.29, 0.717) is 11.4 Å². The van der Waals surface area contributed by atoms with Gasteiger partial charge in [0.15, 0.2) is 6.10 Å². The molecule has 0 aliphatic carbocycles. The van der Waals surface area contributed by atoms with Gasteiger partial charge >= 0.3 is 5.97 Å². The largest absolute Gasteiger partial charge is 0.497 e. The predicted octanol–water partition coefficient (Wildman–Crippen LogP) is 1.27. The Bertz CT molecular complexity index is 1150. The molecule has 1 heterocycles. The van der Waals surface area contributed by atoms with Crippen LogP contribution in [0.25, 0.3) is 0 Å². The summed E-state index contributed by atoms with van der Waals surface area (Å²) in [6.07, 6.45) is -1.21. The van der Waals surface area contributed by atoms with Crippen LogP contribution in [0, 0.1) is 5.92 Å². The van der Waals surface area contributed by atoms with Crippen molar-refractivity contribution < 1.29 is 32.3 Å². The highest BCUT2D eigenvalue weighted by molar-refractivity contribution is 7.89. The normalized spacial score (nSPS) is 17.0. The number of methoxy groups -OCH3 is 1. The standard InChI is InChI=1S/C21H23N3O7S/c1-13(20(26)23-15-5-3-8-18(10-15)32(22,28)29)31-21(27)14-9-19(25)24(12-14)16-6-4-7-17(11-16)30-2/h3-8,10-11,13-14H,9,12H2,1-2H3,(H,23,26)(H2,22,28,29). The topological polar surface area (TPSA) is 145 Å². The first-order chi connectivity index (χ1) is 15.1. The summed E-state index contributed by atoms with van der Waals surface area (Å²) in [5, 5.41) is 7.56. The van der Waals surface area contributed by atoms with E-state index < -0.39 is 33.9 Å². The second-order valence-corrected chi connectivity index (χ2v) is 8.81. The summed E-state index contributed by atoms with van der Waals surface area (Å²) in [5.74, 6) is -1.71. The summed E-state index contributed by atoms with van der Waals surface area (Å²) in [6, 6.07) is 12.3. The van der Waals surface area contributed by atoms with Gasteiger partial charge in [-0.1, -0.05) is 12.1 Å². The number of benzene rings is 2. The molecule has 11 heteroatoms. The molecular weight excluding hydrogens is 438 g/mol. The predicted molar refractivity (Wildman–Crippen MR) is 115 cm³/mol. The number of carbonyl (C=O) groups excluding carboxylic acids is 3. The molecule has 2 unspecified atom stereocenters. The lowest BCUT2D eigenvalue weighted by molar-refractivity contribution is -0.157. The van der Waals surface area contributed by atoms with E-state index in [4.69, 9.17) is 14.6 Å². The van der Waals surface area contributed by atoms with Crippen molar-refractivity contribution in [2.75, 3.05) is 23.9 Å². The molecule has 2 aromatic carbocycles. The van der Waals surface area contributed by atoms with Crippen molar-refractivity contribution in [3.8, 4) is 5.75 Å². The maximum absolute atomic E-state index is 12.5. The highest BCUT2D eigenvalue weighted by Gasteiger charge is 2.37. The summed E-state index contributed by atoms with van der Waals surface area (Å²) < 4.78 is 33.3. The number of nitrogens with zero attached hydrogens (tertiary/aromatic N) is 1. The number of hydrogen-bond donors (Lipinski definition) is 2. The van der Waals surface area contributed by atoms with E-state index in [9.17, 15) is 22.8 Å². The fourth-order valence-electron chi connectivity index (χ4n) is 3.21. The first-order valence-corrected chi connectivity index (χ1v) is 11.2. The fraction of sp³-hybridized carbons (Fsp3) is 0.286. The van der Waals surface area contributed by atoms with Crippen molar-refractivity contribution in [3.05, 3.63) is 48.5 Å². The van der Waals surface area contributed by atoms with Gasteiger partial charge in [0.1, 0.15) is 5.75 Å². The maximum atomic E-state index is 12.5. The zero-order valence-electron chi connectivity index (χ0n) is 17.5. The number of hydrogen-bond acceptors (Lipinski definition) is 7. The van der Waals surface area contributed by atoms with Crippen LogP contribution < -0.4 is 20.1 Å². The number of anilines is 2. The molecule has 2 atom stereocenters. The highest BCUT2D eigenvalue weighted by atomic mass is 32.2. The van der Waals surface area contributed by atoms with Crippen LogP contribution in [-0.2, 0) is 29.1 Å². The van der Waals surface area contributed by atoms with Crippen molar-refractivity contribution in [3.63, 3.8) is 0 Å². The zero-order chi connectivity index (χ0) is 23.5. The van der Waals surface area contributed by atoms with Crippen LogP contribution in [0.4, 0.5) is 11.4 Å². The Balaban J connectivity index is 1.60. The minimum Gasteiger partial charge on any atom is -0.497 e. The molecule has 1 aliphatic heterocycles. The second kappa shape index (κ2) is 9.37. The SMILES string of the molecule is COc1cccc(N2CC(C(=O)OC(C)C(=O)Nc3cccc(S(N)(=O)=O)c3)CC2=O)c1. The molecule has 10 nitrogen and oxygen atoms in total. The van der Waals surface area contributed by atoms with E-state index in [2.05, 4.69) is 5.32 Å². The van der Waals surface area contributed by atoms with Crippen LogP contribution in [0.2, 0.25) is 0 Å². The molecule has 0 bridgehead atoms. The lowest BCUT2D eigenvalue weighted by Crippen LogP contribution is -2.33. The number of ether oxygens (including phenoxy) is 2. The number of primary sulfonamides is 1. The average Bonchev–Trinajstić information content (AvgIpc) is 3.15. The van der Waals surface area contributed by atoms with Gasteiger partial charge in [0, 0.05) is 30.4 Å². The highest BCUT2D eigenvalue weighted by Crippen LogP contribution is 2.28. The lowest BCUT2D eigenvalue weighted by Gasteiger charge is -2.18. The van der Waals surface area contributed by atoms with E-state index in [-0.39, 0.29) is 29.5 Å². The number of nitrogens with one attached hydrogen (secondary N) is 1. The Morgan fingerprint density at radius 1 is 1.19 bits per heavy atom. The van der Waals surface area contributed by atoms with Crippen LogP contribution in [-0.4, -0.2) is 46.0 Å². The summed E-state index contributed by atoms with van der Waals surface area (Å²) in [4.78, 5) is 38.6. The van der Waals surface area contributed by atoms with Crippen molar-refractivity contribution in [1.29, 1.82) is 0 Å². The molecule has 3 N–H and O–H groups in total.